The molecule has 1 amide bonds. The first-order valence-electron chi connectivity index (χ1n) is 10.1. The van der Waals surface area contributed by atoms with E-state index in [1.807, 2.05) is 0 Å². The first-order chi connectivity index (χ1) is 14.5. The Hall–Kier alpha value is -2.71. The zero-order chi connectivity index (χ0) is 21.8. The van der Waals surface area contributed by atoms with Gasteiger partial charge in [-0.05, 0) is 36.3 Å². The van der Waals surface area contributed by atoms with E-state index >= 15 is 0 Å². The van der Waals surface area contributed by atoms with Gasteiger partial charge in [-0.3, -0.25) is 9.79 Å². The van der Waals surface area contributed by atoms with Crippen LogP contribution in [0, 0.1) is 0 Å². The molecule has 9 nitrogen and oxygen atoms in total. The summed E-state index contributed by atoms with van der Waals surface area (Å²) in [6, 6.07) is 6.01. The summed E-state index contributed by atoms with van der Waals surface area (Å²) >= 11 is 1.68. The van der Waals surface area contributed by atoms with Crippen LogP contribution in [-0.2, 0) is 9.63 Å². The number of hydrogen-bond donors (Lipinski definition) is 1. The fourth-order valence-corrected chi connectivity index (χ4v) is 4.03. The number of thioether (sulfide) groups is 1. The number of aliphatic imine (C=N–C) groups is 1. The smallest absolute Gasteiger partial charge is 0.363 e. The van der Waals surface area contributed by atoms with Crippen LogP contribution in [0.5, 0.6) is 0 Å². The van der Waals surface area contributed by atoms with Gasteiger partial charge < -0.3 is 10.6 Å². The lowest BCUT2D eigenvalue weighted by Gasteiger charge is -2.15. The van der Waals surface area contributed by atoms with Crippen LogP contribution in [0.15, 0.2) is 34.4 Å². The average Bonchev–Trinajstić information content (AvgIpc) is 3.08. The highest BCUT2D eigenvalue weighted by Gasteiger charge is 2.33. The Kier molecular flexibility index (Phi) is 10.0. The Labute approximate surface area is 180 Å². The molecular weight excluding hydrogens is 404 g/mol. The molecule has 0 bridgehead atoms. The molecule has 1 unspecified atom stereocenters. The monoisotopic (exact) mass is 432 g/mol. The zero-order valence-corrected chi connectivity index (χ0v) is 18.0. The van der Waals surface area contributed by atoms with Gasteiger partial charge in [0.1, 0.15) is 0 Å². The zero-order valence-electron chi connectivity index (χ0n) is 17.2. The number of amidine groups is 1. The van der Waals surface area contributed by atoms with Crippen molar-refractivity contribution in [2.45, 2.75) is 50.7 Å². The second-order valence-electron chi connectivity index (χ2n) is 6.95. The Balaban J connectivity index is 1.70. The number of carbonyl (C=O) groups excluding carboxylic acids is 2. The van der Waals surface area contributed by atoms with E-state index in [4.69, 9.17) is 16.1 Å². The Bertz CT molecular complexity index is 792. The van der Waals surface area contributed by atoms with Crippen LogP contribution in [0.1, 0.15) is 55.8 Å². The Morgan fingerprint density at radius 2 is 2.10 bits per heavy atom. The van der Waals surface area contributed by atoms with E-state index in [-0.39, 0.29) is 16.7 Å². The molecule has 2 N–H and O–H groups in total. The molecule has 2 rings (SSSR count). The first-order valence-corrected chi connectivity index (χ1v) is 11.2. The van der Waals surface area contributed by atoms with Gasteiger partial charge in [-0.1, -0.05) is 37.0 Å². The summed E-state index contributed by atoms with van der Waals surface area (Å²) in [4.78, 5) is 36.7. The molecule has 1 aliphatic rings. The van der Waals surface area contributed by atoms with Gasteiger partial charge in [-0.15, -0.1) is 0 Å². The molecule has 1 aliphatic heterocycles. The SMILES string of the molecule is CCCCCN=C(N)CCCSC1CC(=O)N(OC(=O)c2ccc(N=[N+]=[N-])cc2)C1. The van der Waals surface area contributed by atoms with E-state index in [9.17, 15) is 9.59 Å². The van der Waals surface area contributed by atoms with Crippen LogP contribution in [0.2, 0.25) is 0 Å². The number of hydroxylamine groups is 2. The maximum atomic E-state index is 12.2. The topological polar surface area (TPSA) is 134 Å². The third-order valence-corrected chi connectivity index (χ3v) is 5.83. The minimum Gasteiger partial charge on any atom is -0.387 e. The largest absolute Gasteiger partial charge is 0.387 e. The lowest BCUT2D eigenvalue weighted by atomic mass is 10.2. The molecule has 0 saturated carbocycles. The van der Waals surface area contributed by atoms with Crippen molar-refractivity contribution in [3.8, 4) is 0 Å². The van der Waals surface area contributed by atoms with Crippen molar-refractivity contribution >= 4 is 35.2 Å². The third kappa shape index (κ3) is 7.96. The van der Waals surface area contributed by atoms with Crippen molar-refractivity contribution < 1.29 is 14.4 Å². The highest BCUT2D eigenvalue weighted by atomic mass is 32.2. The first kappa shape index (κ1) is 23.6. The fourth-order valence-electron chi connectivity index (χ4n) is 2.88. The van der Waals surface area contributed by atoms with Crippen LogP contribution < -0.4 is 5.73 Å². The second kappa shape index (κ2) is 12.8. The summed E-state index contributed by atoms with van der Waals surface area (Å²) < 4.78 is 0. The molecule has 0 spiro atoms. The van der Waals surface area contributed by atoms with Crippen LogP contribution in [0.3, 0.4) is 0 Å². The van der Waals surface area contributed by atoms with Crippen molar-refractivity contribution in [1.82, 2.24) is 5.06 Å². The molecule has 1 aromatic carbocycles. The molecule has 1 aromatic rings. The fraction of sp³-hybridized carbons (Fsp3) is 0.550. The van der Waals surface area contributed by atoms with E-state index < -0.39 is 5.97 Å². The van der Waals surface area contributed by atoms with E-state index in [0.29, 0.717) is 24.5 Å². The number of amides is 1. The molecule has 1 heterocycles. The lowest BCUT2D eigenvalue weighted by Crippen LogP contribution is -2.29. The van der Waals surface area contributed by atoms with Crippen LogP contribution in [0.25, 0.3) is 10.4 Å². The molecule has 10 heteroatoms. The van der Waals surface area contributed by atoms with Crippen molar-refractivity contribution in [2.75, 3.05) is 18.8 Å². The molecule has 0 aliphatic carbocycles. The summed E-state index contributed by atoms with van der Waals surface area (Å²) in [5, 5.41) is 4.66. The van der Waals surface area contributed by atoms with Crippen molar-refractivity contribution in [2.24, 2.45) is 15.8 Å². The molecule has 0 radical (unpaired) electrons. The highest BCUT2D eigenvalue weighted by molar-refractivity contribution is 7.99. The Morgan fingerprint density at radius 1 is 1.33 bits per heavy atom. The lowest BCUT2D eigenvalue weighted by molar-refractivity contribution is -0.159. The number of nitrogens with two attached hydrogens (primary N) is 1. The number of hydrogen-bond acceptors (Lipinski definition) is 6. The summed E-state index contributed by atoms with van der Waals surface area (Å²) in [5.41, 5.74) is 15.0. The predicted octanol–water partition coefficient (Wildman–Crippen LogP) is 4.36. The normalized spacial score (nSPS) is 16.4. The van der Waals surface area contributed by atoms with E-state index in [1.165, 1.54) is 37.1 Å². The van der Waals surface area contributed by atoms with Gasteiger partial charge in [0.2, 0.25) is 0 Å². The minimum absolute atomic E-state index is 0.0837. The molecule has 1 saturated heterocycles. The van der Waals surface area contributed by atoms with Crippen molar-refractivity contribution in [1.29, 1.82) is 0 Å². The van der Waals surface area contributed by atoms with Gasteiger partial charge in [-0.2, -0.15) is 16.8 Å². The number of unbranched alkanes of at least 4 members (excludes halogenated alkanes) is 2. The van der Waals surface area contributed by atoms with E-state index in [2.05, 4.69) is 21.9 Å². The number of nitrogens with zero attached hydrogens (tertiary/aromatic N) is 5. The van der Waals surface area contributed by atoms with Crippen LogP contribution in [0.4, 0.5) is 5.69 Å². The maximum absolute atomic E-state index is 12.2. The van der Waals surface area contributed by atoms with Crippen LogP contribution in [-0.4, -0.2) is 46.9 Å². The van der Waals surface area contributed by atoms with Gasteiger partial charge in [0, 0.05) is 35.2 Å². The van der Waals surface area contributed by atoms with Gasteiger partial charge in [0.25, 0.3) is 5.91 Å². The summed E-state index contributed by atoms with van der Waals surface area (Å²) in [6.45, 7) is 3.32. The standard InChI is InChI=1S/C20H28N6O3S/c1-2-3-4-11-23-18(21)6-5-12-30-17-13-19(27)26(14-17)29-20(28)15-7-9-16(10-8-15)24-25-22/h7-10,17H,2-6,11-14H2,1H3,(H2,21,23). The summed E-state index contributed by atoms with van der Waals surface area (Å²) in [5.74, 6) is 0.736. The number of benzene rings is 1. The minimum atomic E-state index is -0.617. The molecule has 30 heavy (non-hydrogen) atoms. The number of carbonyl (C=O) groups is 2. The second-order valence-corrected chi connectivity index (χ2v) is 8.36. The molecular formula is C20H28N6O3S. The Morgan fingerprint density at radius 3 is 2.80 bits per heavy atom. The van der Waals surface area contributed by atoms with E-state index in [1.54, 1.807) is 11.8 Å². The molecule has 1 fully saturated rings. The molecule has 1 atom stereocenters. The number of azide groups is 1. The van der Waals surface area contributed by atoms with Gasteiger partial charge >= 0.3 is 5.97 Å². The van der Waals surface area contributed by atoms with Gasteiger partial charge in [-0.25, -0.2) is 4.79 Å². The van der Waals surface area contributed by atoms with Crippen molar-refractivity contribution in [3.63, 3.8) is 0 Å². The highest BCUT2D eigenvalue weighted by Crippen LogP contribution is 2.25. The number of rotatable bonds is 12. The van der Waals surface area contributed by atoms with Crippen LogP contribution >= 0.6 is 11.8 Å². The van der Waals surface area contributed by atoms with Crippen molar-refractivity contribution in [3.05, 3.63) is 40.3 Å². The third-order valence-electron chi connectivity index (χ3n) is 4.51. The maximum Gasteiger partial charge on any atom is 0.363 e. The van der Waals surface area contributed by atoms with Gasteiger partial charge in [0.05, 0.1) is 17.9 Å². The predicted molar refractivity (Wildman–Crippen MR) is 118 cm³/mol. The van der Waals surface area contributed by atoms with Gasteiger partial charge in [0.15, 0.2) is 0 Å². The van der Waals surface area contributed by atoms with E-state index in [0.717, 1.165) is 36.6 Å². The summed E-state index contributed by atoms with van der Waals surface area (Å²) in [6.07, 6.45) is 5.41. The molecule has 162 valence electrons. The summed E-state index contributed by atoms with van der Waals surface area (Å²) in [7, 11) is 0. The molecule has 0 aromatic heterocycles. The average molecular weight is 433 g/mol. The quantitative estimate of drug-likeness (QED) is 0.131.